The highest BCUT2D eigenvalue weighted by Gasteiger charge is 2.35. The number of nitrogens with one attached hydrogen (secondary N) is 1. The molecule has 27 heavy (non-hydrogen) atoms. The van der Waals surface area contributed by atoms with Gasteiger partial charge in [0.15, 0.2) is 5.78 Å². The van der Waals surface area contributed by atoms with E-state index in [-0.39, 0.29) is 16.7 Å². The molecular formula is C23H35N3O. The molecule has 0 aliphatic carbocycles. The number of carbonyl (C=O) groups is 1. The lowest BCUT2D eigenvalue weighted by molar-refractivity contribution is 0.0964. The van der Waals surface area contributed by atoms with Crippen molar-refractivity contribution in [2.45, 2.75) is 53.0 Å². The summed E-state index contributed by atoms with van der Waals surface area (Å²) in [5.74, 6) is 0.165. The van der Waals surface area contributed by atoms with Crippen molar-refractivity contribution in [3.05, 3.63) is 41.6 Å². The first-order valence-corrected chi connectivity index (χ1v) is 10.3. The van der Waals surface area contributed by atoms with Crippen molar-refractivity contribution < 1.29 is 4.79 Å². The van der Waals surface area contributed by atoms with E-state index in [0.717, 1.165) is 56.7 Å². The van der Waals surface area contributed by atoms with Crippen LogP contribution in [0.15, 0.2) is 36.0 Å². The van der Waals surface area contributed by atoms with Crippen LogP contribution in [0.2, 0.25) is 0 Å². The van der Waals surface area contributed by atoms with Gasteiger partial charge in [0.1, 0.15) is 0 Å². The van der Waals surface area contributed by atoms with Gasteiger partial charge < -0.3 is 15.1 Å². The van der Waals surface area contributed by atoms with Crippen LogP contribution in [0.3, 0.4) is 0 Å². The fourth-order valence-corrected chi connectivity index (χ4v) is 3.91. The summed E-state index contributed by atoms with van der Waals surface area (Å²) in [6, 6.07) is 8.22. The fourth-order valence-electron chi connectivity index (χ4n) is 3.91. The van der Waals surface area contributed by atoms with Crippen molar-refractivity contribution in [1.29, 1.82) is 0 Å². The molecule has 0 saturated carbocycles. The first-order chi connectivity index (χ1) is 12.7. The molecule has 2 aliphatic rings. The van der Waals surface area contributed by atoms with Crippen LogP contribution in [0.1, 0.15) is 57.8 Å². The van der Waals surface area contributed by atoms with E-state index in [1.807, 2.05) is 12.1 Å². The first-order valence-electron chi connectivity index (χ1n) is 10.3. The molecule has 1 fully saturated rings. The summed E-state index contributed by atoms with van der Waals surface area (Å²) in [5.41, 5.74) is 2.88. The van der Waals surface area contributed by atoms with Gasteiger partial charge >= 0.3 is 0 Å². The number of anilines is 1. The topological polar surface area (TPSA) is 35.6 Å². The minimum Gasteiger partial charge on any atom is -0.372 e. The quantitative estimate of drug-likeness (QED) is 0.814. The Labute approximate surface area is 164 Å². The number of allylic oxidation sites excluding steroid dienone is 1. The highest BCUT2D eigenvalue weighted by atomic mass is 16.1. The molecule has 0 amide bonds. The van der Waals surface area contributed by atoms with E-state index >= 15 is 0 Å². The Morgan fingerprint density at radius 2 is 1.74 bits per heavy atom. The second-order valence-corrected chi connectivity index (χ2v) is 9.51. The second-order valence-electron chi connectivity index (χ2n) is 9.51. The number of nitrogens with zero attached hydrogens (tertiary/aromatic N) is 2. The summed E-state index contributed by atoms with van der Waals surface area (Å²) in [6.07, 6.45) is 4.27. The second kappa shape index (κ2) is 7.67. The van der Waals surface area contributed by atoms with Crippen molar-refractivity contribution in [1.82, 2.24) is 10.2 Å². The highest BCUT2D eigenvalue weighted by Crippen LogP contribution is 2.38. The van der Waals surface area contributed by atoms with Gasteiger partial charge in [-0.2, -0.15) is 0 Å². The molecule has 1 N–H and O–H groups in total. The summed E-state index contributed by atoms with van der Waals surface area (Å²) in [4.78, 5) is 18.0. The van der Waals surface area contributed by atoms with Crippen LogP contribution in [0.5, 0.6) is 0 Å². The molecule has 0 radical (unpaired) electrons. The van der Waals surface area contributed by atoms with Crippen molar-refractivity contribution >= 4 is 11.5 Å². The minimum atomic E-state index is -0.0893. The Hall–Kier alpha value is -1.81. The van der Waals surface area contributed by atoms with Crippen LogP contribution in [-0.2, 0) is 0 Å². The number of hydrogen-bond donors (Lipinski definition) is 1. The fraction of sp³-hybridized carbons (Fsp3) is 0.609. The van der Waals surface area contributed by atoms with E-state index in [1.54, 1.807) is 0 Å². The number of benzene rings is 1. The van der Waals surface area contributed by atoms with Gasteiger partial charge in [-0.05, 0) is 69.8 Å². The molecule has 0 bridgehead atoms. The van der Waals surface area contributed by atoms with Gasteiger partial charge in [-0.25, -0.2) is 0 Å². The van der Waals surface area contributed by atoms with Crippen LogP contribution in [0.25, 0.3) is 0 Å². The Morgan fingerprint density at radius 3 is 2.41 bits per heavy atom. The van der Waals surface area contributed by atoms with E-state index in [4.69, 9.17) is 0 Å². The number of ketones is 1. The lowest BCUT2D eigenvalue weighted by atomic mass is 9.75. The van der Waals surface area contributed by atoms with Crippen LogP contribution in [0.4, 0.5) is 5.69 Å². The SMILES string of the molecule is CC1(C)CCN(C(C)(C)C)C=C1C(=O)c1ccc(N2CCCNCC2)cc1. The lowest BCUT2D eigenvalue weighted by Crippen LogP contribution is -2.44. The number of rotatable bonds is 3. The van der Waals surface area contributed by atoms with E-state index < -0.39 is 0 Å². The molecule has 2 heterocycles. The average molecular weight is 370 g/mol. The largest absolute Gasteiger partial charge is 0.372 e. The van der Waals surface area contributed by atoms with Gasteiger partial charge in [0, 0.05) is 54.7 Å². The van der Waals surface area contributed by atoms with Gasteiger partial charge in [0.05, 0.1) is 0 Å². The zero-order valence-corrected chi connectivity index (χ0v) is 17.6. The van der Waals surface area contributed by atoms with Crippen LogP contribution in [0, 0.1) is 5.41 Å². The molecule has 3 rings (SSSR count). The molecule has 4 nitrogen and oxygen atoms in total. The van der Waals surface area contributed by atoms with Crippen LogP contribution in [-0.4, -0.2) is 48.9 Å². The van der Waals surface area contributed by atoms with Crippen molar-refractivity contribution in [2.75, 3.05) is 37.6 Å². The predicted molar refractivity (Wildman–Crippen MR) is 113 cm³/mol. The van der Waals surface area contributed by atoms with E-state index in [0.29, 0.717) is 0 Å². The van der Waals surface area contributed by atoms with Gasteiger partial charge in [-0.1, -0.05) is 13.8 Å². The smallest absolute Gasteiger partial charge is 0.191 e. The Morgan fingerprint density at radius 1 is 1.04 bits per heavy atom. The Bertz CT molecular complexity index is 689. The van der Waals surface area contributed by atoms with Gasteiger partial charge in [-0.3, -0.25) is 4.79 Å². The summed E-state index contributed by atoms with van der Waals surface area (Å²) >= 11 is 0. The minimum absolute atomic E-state index is 0.0344. The monoisotopic (exact) mass is 369 g/mol. The maximum atomic E-state index is 13.3. The molecule has 2 aliphatic heterocycles. The Kier molecular flexibility index (Phi) is 5.66. The molecule has 0 spiro atoms. The van der Waals surface area contributed by atoms with Crippen LogP contribution >= 0.6 is 0 Å². The Balaban J connectivity index is 1.82. The molecule has 1 aromatic carbocycles. The van der Waals surface area contributed by atoms with Crippen LogP contribution < -0.4 is 10.2 Å². The first kappa shape index (κ1) is 19.9. The maximum Gasteiger partial charge on any atom is 0.191 e. The van der Waals surface area contributed by atoms with Crippen molar-refractivity contribution in [3.8, 4) is 0 Å². The lowest BCUT2D eigenvalue weighted by Gasteiger charge is -2.43. The highest BCUT2D eigenvalue weighted by molar-refractivity contribution is 6.09. The summed E-state index contributed by atoms with van der Waals surface area (Å²) in [7, 11) is 0. The third-order valence-electron chi connectivity index (χ3n) is 5.93. The zero-order valence-electron chi connectivity index (χ0n) is 17.6. The maximum absolute atomic E-state index is 13.3. The third-order valence-corrected chi connectivity index (χ3v) is 5.93. The zero-order chi connectivity index (χ0) is 19.7. The molecule has 1 saturated heterocycles. The molecule has 1 aromatic rings. The predicted octanol–water partition coefficient (Wildman–Crippen LogP) is 4.08. The van der Waals surface area contributed by atoms with Gasteiger partial charge in [0.25, 0.3) is 0 Å². The summed E-state index contributed by atoms with van der Waals surface area (Å²) in [5, 5.41) is 3.44. The molecule has 4 heteroatoms. The third kappa shape index (κ3) is 4.55. The number of Topliss-reactive ketones (excluding diaryl/α,β-unsaturated/α-hetero) is 1. The number of hydrogen-bond acceptors (Lipinski definition) is 4. The van der Waals surface area contributed by atoms with Gasteiger partial charge in [-0.15, -0.1) is 0 Å². The van der Waals surface area contributed by atoms with E-state index in [2.05, 4.69) is 68.1 Å². The van der Waals surface area contributed by atoms with E-state index in [9.17, 15) is 4.79 Å². The molecule has 148 valence electrons. The normalized spacial score (nSPS) is 20.9. The van der Waals surface area contributed by atoms with Gasteiger partial charge in [0.2, 0.25) is 0 Å². The van der Waals surface area contributed by atoms with E-state index in [1.165, 1.54) is 5.69 Å². The average Bonchev–Trinajstić information content (AvgIpc) is 2.89. The summed E-state index contributed by atoms with van der Waals surface area (Å²) < 4.78 is 0. The molecule has 0 atom stereocenters. The molecular weight excluding hydrogens is 334 g/mol. The molecule has 0 unspecified atom stereocenters. The standard InChI is InChI=1S/C23H35N3O/c1-22(2,3)26-15-11-23(4,5)20(17-26)21(27)18-7-9-19(10-8-18)25-14-6-12-24-13-16-25/h7-10,17,24H,6,11-16H2,1-5H3. The molecule has 0 aromatic heterocycles. The van der Waals surface area contributed by atoms with Crippen molar-refractivity contribution in [3.63, 3.8) is 0 Å². The summed E-state index contributed by atoms with van der Waals surface area (Å²) in [6.45, 7) is 16.2. The van der Waals surface area contributed by atoms with Crippen molar-refractivity contribution in [2.24, 2.45) is 5.41 Å². The number of carbonyl (C=O) groups excluding carboxylic acids is 1.